The van der Waals surface area contributed by atoms with Crippen LogP contribution in [-0.2, 0) is 9.53 Å². The Bertz CT molecular complexity index is 373. The fourth-order valence-corrected chi connectivity index (χ4v) is 2.41. The maximum atomic E-state index is 11.4. The molecule has 1 aliphatic rings. The maximum Gasteiger partial charge on any atom is 0.217 e. The maximum absolute atomic E-state index is 11.4. The van der Waals surface area contributed by atoms with E-state index in [4.69, 9.17) is 16.2 Å². The summed E-state index contributed by atoms with van der Waals surface area (Å²) in [6, 6.07) is -0.423. The molecule has 0 aliphatic heterocycles. The van der Waals surface area contributed by atoms with E-state index >= 15 is 0 Å². The third-order valence-corrected chi connectivity index (χ3v) is 3.42. The van der Waals surface area contributed by atoms with Crippen molar-refractivity contribution in [2.24, 2.45) is 16.5 Å². The molecule has 6 nitrogen and oxygen atoms in total. The van der Waals surface area contributed by atoms with Crippen LogP contribution in [0.5, 0.6) is 0 Å². The summed E-state index contributed by atoms with van der Waals surface area (Å²) in [7, 11) is 0. The fraction of sp³-hybridized carbons (Fsp3) is 0.714. The van der Waals surface area contributed by atoms with Crippen LogP contribution in [0.2, 0.25) is 0 Å². The molecule has 0 radical (unpaired) electrons. The Morgan fingerprint density at radius 3 is 2.60 bits per heavy atom. The molecule has 20 heavy (non-hydrogen) atoms. The Labute approximate surface area is 120 Å². The molecule has 0 heterocycles. The standard InChI is InChI=1S/C14H26N4O2/c1-4-10(5-2)20-12-8-6-7-11(18-14(15)16)13(12)17-9(3)19/h6,8,10-13H,4-5,7H2,1-3H3,(H,17,19)(H4,15,16,18)/t11-,12+,13+/m0/s1. The first-order valence-electron chi connectivity index (χ1n) is 7.15. The monoisotopic (exact) mass is 282 g/mol. The minimum Gasteiger partial charge on any atom is -0.370 e. The number of nitrogens with zero attached hydrogens (tertiary/aromatic N) is 1. The lowest BCUT2D eigenvalue weighted by Gasteiger charge is -2.35. The van der Waals surface area contributed by atoms with E-state index in [9.17, 15) is 4.79 Å². The SMILES string of the molecule is CCC(CC)O[C@@H]1C=CC[C@H](N=C(N)N)[C@H]1NC(C)=O. The van der Waals surface area contributed by atoms with Crippen LogP contribution >= 0.6 is 0 Å². The lowest BCUT2D eigenvalue weighted by molar-refractivity contribution is -0.121. The normalized spacial score (nSPS) is 25.5. The minimum absolute atomic E-state index is 0.0296. The van der Waals surface area contributed by atoms with E-state index in [1.54, 1.807) is 0 Å². The summed E-state index contributed by atoms with van der Waals surface area (Å²) in [5.74, 6) is -0.0822. The summed E-state index contributed by atoms with van der Waals surface area (Å²) in [6.45, 7) is 5.66. The number of carbonyl (C=O) groups excluding carboxylic acids is 1. The molecule has 1 aliphatic carbocycles. The summed E-state index contributed by atoms with van der Waals surface area (Å²) in [5, 5.41) is 2.91. The number of ether oxygens (including phenoxy) is 1. The molecule has 0 aromatic carbocycles. The van der Waals surface area contributed by atoms with Gasteiger partial charge in [-0.2, -0.15) is 0 Å². The van der Waals surface area contributed by atoms with Crippen molar-refractivity contribution in [3.8, 4) is 0 Å². The Morgan fingerprint density at radius 2 is 2.10 bits per heavy atom. The molecule has 0 fully saturated rings. The van der Waals surface area contributed by atoms with Crippen LogP contribution in [0.3, 0.4) is 0 Å². The van der Waals surface area contributed by atoms with Crippen molar-refractivity contribution in [3.05, 3.63) is 12.2 Å². The van der Waals surface area contributed by atoms with Crippen molar-refractivity contribution >= 4 is 11.9 Å². The Kier molecular flexibility index (Phi) is 6.51. The number of nitrogens with one attached hydrogen (secondary N) is 1. The summed E-state index contributed by atoms with van der Waals surface area (Å²) < 4.78 is 6.06. The van der Waals surface area contributed by atoms with Gasteiger partial charge >= 0.3 is 0 Å². The van der Waals surface area contributed by atoms with Gasteiger partial charge in [-0.05, 0) is 19.3 Å². The van der Waals surface area contributed by atoms with E-state index < -0.39 is 0 Å². The van der Waals surface area contributed by atoms with E-state index in [1.807, 2.05) is 12.2 Å². The largest absolute Gasteiger partial charge is 0.370 e. The number of hydrogen-bond donors (Lipinski definition) is 3. The smallest absolute Gasteiger partial charge is 0.217 e. The lowest BCUT2D eigenvalue weighted by atomic mass is 9.93. The summed E-state index contributed by atoms with van der Waals surface area (Å²) in [6.07, 6.45) is 6.50. The molecule has 0 saturated carbocycles. The topological polar surface area (TPSA) is 103 Å². The van der Waals surface area contributed by atoms with Crippen molar-refractivity contribution < 1.29 is 9.53 Å². The molecule has 0 spiro atoms. The molecule has 6 heteroatoms. The first-order chi connectivity index (χ1) is 9.47. The molecule has 1 amide bonds. The van der Waals surface area contributed by atoms with Gasteiger partial charge in [-0.15, -0.1) is 0 Å². The van der Waals surface area contributed by atoms with Crippen LogP contribution in [0.4, 0.5) is 0 Å². The fourth-order valence-electron chi connectivity index (χ4n) is 2.41. The lowest BCUT2D eigenvalue weighted by Crippen LogP contribution is -2.52. The van der Waals surface area contributed by atoms with Crippen molar-refractivity contribution in [3.63, 3.8) is 0 Å². The Hall–Kier alpha value is -1.56. The molecule has 0 bridgehead atoms. The van der Waals surface area contributed by atoms with Crippen LogP contribution in [0.1, 0.15) is 40.0 Å². The van der Waals surface area contributed by atoms with Gasteiger partial charge in [-0.3, -0.25) is 4.79 Å². The van der Waals surface area contributed by atoms with E-state index in [0.29, 0.717) is 6.42 Å². The third kappa shape index (κ3) is 4.85. The molecular formula is C14H26N4O2. The number of guanidine groups is 1. The van der Waals surface area contributed by atoms with Crippen molar-refractivity contribution in [2.75, 3.05) is 0 Å². The van der Waals surface area contributed by atoms with Gasteiger partial charge in [0.2, 0.25) is 5.91 Å². The zero-order chi connectivity index (χ0) is 15.1. The number of rotatable bonds is 6. The summed E-state index contributed by atoms with van der Waals surface area (Å²) >= 11 is 0. The van der Waals surface area contributed by atoms with Crippen LogP contribution in [0.15, 0.2) is 17.1 Å². The highest BCUT2D eigenvalue weighted by molar-refractivity contribution is 5.76. The zero-order valence-electron chi connectivity index (χ0n) is 12.5. The van der Waals surface area contributed by atoms with Gasteiger partial charge in [0, 0.05) is 6.92 Å². The average molecular weight is 282 g/mol. The van der Waals surface area contributed by atoms with Gasteiger partial charge in [0.05, 0.1) is 24.3 Å². The molecule has 5 N–H and O–H groups in total. The molecule has 114 valence electrons. The highest BCUT2D eigenvalue weighted by atomic mass is 16.5. The number of nitrogens with two attached hydrogens (primary N) is 2. The second-order valence-electron chi connectivity index (χ2n) is 5.05. The third-order valence-electron chi connectivity index (χ3n) is 3.42. The van der Waals surface area contributed by atoms with E-state index in [-0.39, 0.29) is 36.2 Å². The molecule has 3 atom stereocenters. The highest BCUT2D eigenvalue weighted by Crippen LogP contribution is 2.21. The van der Waals surface area contributed by atoms with E-state index in [2.05, 4.69) is 24.2 Å². The Morgan fingerprint density at radius 1 is 1.45 bits per heavy atom. The predicted octanol–water partition coefficient (Wildman–Crippen LogP) is 0.667. The second kappa shape index (κ2) is 7.89. The molecule has 0 saturated heterocycles. The minimum atomic E-state index is -0.236. The predicted molar refractivity (Wildman–Crippen MR) is 80.2 cm³/mol. The van der Waals surface area contributed by atoms with Crippen LogP contribution < -0.4 is 16.8 Å². The van der Waals surface area contributed by atoms with Crippen molar-refractivity contribution in [1.29, 1.82) is 0 Å². The van der Waals surface area contributed by atoms with Gasteiger partial charge in [0.25, 0.3) is 0 Å². The van der Waals surface area contributed by atoms with Crippen LogP contribution in [-0.4, -0.2) is 36.2 Å². The van der Waals surface area contributed by atoms with E-state index in [1.165, 1.54) is 6.92 Å². The van der Waals surface area contributed by atoms with Crippen molar-refractivity contribution in [2.45, 2.75) is 64.3 Å². The van der Waals surface area contributed by atoms with Crippen LogP contribution in [0.25, 0.3) is 0 Å². The molecule has 0 aromatic heterocycles. The number of amides is 1. The first kappa shape index (κ1) is 16.5. The molecule has 0 aromatic rings. The average Bonchev–Trinajstić information content (AvgIpc) is 2.38. The van der Waals surface area contributed by atoms with Crippen molar-refractivity contribution in [1.82, 2.24) is 5.32 Å². The van der Waals surface area contributed by atoms with Gasteiger partial charge in [0.15, 0.2) is 5.96 Å². The highest BCUT2D eigenvalue weighted by Gasteiger charge is 2.33. The molecular weight excluding hydrogens is 256 g/mol. The number of carbonyl (C=O) groups is 1. The van der Waals surface area contributed by atoms with Gasteiger partial charge < -0.3 is 21.5 Å². The first-order valence-corrected chi connectivity index (χ1v) is 7.15. The Balaban J connectivity index is 2.88. The second-order valence-corrected chi connectivity index (χ2v) is 5.05. The molecule has 0 unspecified atom stereocenters. The van der Waals surface area contributed by atoms with Crippen LogP contribution in [0, 0.1) is 0 Å². The molecule has 1 rings (SSSR count). The van der Waals surface area contributed by atoms with E-state index in [0.717, 1.165) is 12.8 Å². The van der Waals surface area contributed by atoms with Gasteiger partial charge in [0.1, 0.15) is 0 Å². The van der Waals surface area contributed by atoms with Gasteiger partial charge in [-0.1, -0.05) is 26.0 Å². The summed E-state index contributed by atoms with van der Waals surface area (Å²) in [5.41, 5.74) is 10.9. The number of hydrogen-bond acceptors (Lipinski definition) is 3. The number of aliphatic imine (C=N–C) groups is 1. The summed E-state index contributed by atoms with van der Waals surface area (Å²) in [4.78, 5) is 15.6. The quantitative estimate of drug-likeness (QED) is 0.378. The van der Waals surface area contributed by atoms with Gasteiger partial charge in [-0.25, -0.2) is 4.99 Å². The zero-order valence-corrected chi connectivity index (χ0v) is 12.5.